The third-order valence-electron chi connectivity index (χ3n) is 5.51. The Morgan fingerprint density at radius 1 is 1.26 bits per heavy atom. The van der Waals surface area contributed by atoms with Crippen molar-refractivity contribution in [2.24, 2.45) is 5.92 Å². The van der Waals surface area contributed by atoms with Crippen LogP contribution < -0.4 is 10.6 Å². The number of para-hydroxylation sites is 1. The highest BCUT2D eigenvalue weighted by molar-refractivity contribution is 5.94. The summed E-state index contributed by atoms with van der Waals surface area (Å²) >= 11 is 0. The first-order valence-corrected chi connectivity index (χ1v) is 10.00. The maximum atomic E-state index is 5.35. The molecule has 1 aliphatic heterocycles. The van der Waals surface area contributed by atoms with E-state index < -0.39 is 0 Å². The van der Waals surface area contributed by atoms with E-state index in [9.17, 15) is 0 Å². The van der Waals surface area contributed by atoms with Crippen LogP contribution in [0, 0.1) is 19.8 Å². The fourth-order valence-corrected chi connectivity index (χ4v) is 4.08. The largest absolute Gasteiger partial charge is 0.384 e. The van der Waals surface area contributed by atoms with E-state index in [1.165, 1.54) is 38.8 Å². The van der Waals surface area contributed by atoms with Crippen molar-refractivity contribution in [3.05, 3.63) is 41.8 Å². The lowest BCUT2D eigenvalue weighted by Gasteiger charge is -2.22. The van der Waals surface area contributed by atoms with Gasteiger partial charge in [-0.1, -0.05) is 23.4 Å². The molecule has 0 spiro atoms. The SMILES string of the molecule is Cc1noc(C)c1-c1cc(NCCCC2CCCNC2)c2ccccc2n1. The molecule has 3 aromatic rings. The van der Waals surface area contributed by atoms with Gasteiger partial charge in [-0.25, -0.2) is 4.98 Å². The van der Waals surface area contributed by atoms with Crippen molar-refractivity contribution >= 4 is 16.6 Å². The second kappa shape index (κ2) is 8.09. The maximum absolute atomic E-state index is 5.35. The van der Waals surface area contributed by atoms with Crippen LogP contribution in [0.25, 0.3) is 22.2 Å². The van der Waals surface area contributed by atoms with Crippen molar-refractivity contribution in [2.45, 2.75) is 39.5 Å². The van der Waals surface area contributed by atoms with Crippen molar-refractivity contribution in [1.29, 1.82) is 0 Å². The summed E-state index contributed by atoms with van der Waals surface area (Å²) in [5.74, 6) is 1.64. The van der Waals surface area contributed by atoms with E-state index in [1.54, 1.807) is 0 Å². The number of pyridine rings is 1. The van der Waals surface area contributed by atoms with Crippen LogP contribution in [-0.4, -0.2) is 29.8 Å². The molecule has 142 valence electrons. The molecule has 1 saturated heterocycles. The molecule has 0 saturated carbocycles. The van der Waals surface area contributed by atoms with E-state index in [-0.39, 0.29) is 0 Å². The van der Waals surface area contributed by atoms with Crippen LogP contribution in [0.4, 0.5) is 5.69 Å². The van der Waals surface area contributed by atoms with Crippen LogP contribution in [0.5, 0.6) is 0 Å². The first-order valence-electron chi connectivity index (χ1n) is 10.00. The molecule has 2 aromatic heterocycles. The van der Waals surface area contributed by atoms with Gasteiger partial charge in [0.05, 0.1) is 22.5 Å². The zero-order valence-corrected chi connectivity index (χ0v) is 16.2. The van der Waals surface area contributed by atoms with Gasteiger partial charge in [0.1, 0.15) is 5.76 Å². The standard InChI is InChI=1S/C22H28N4O/c1-15-22(16(2)27-26-15)21-13-20(18-9-3-4-10-19(18)25-21)24-12-6-8-17-7-5-11-23-14-17/h3-4,9-10,13,17,23H,5-8,11-12,14H2,1-2H3,(H,24,25). The Labute approximate surface area is 160 Å². The molecule has 0 radical (unpaired) electrons. The van der Waals surface area contributed by atoms with Gasteiger partial charge in [-0.15, -0.1) is 0 Å². The minimum absolute atomic E-state index is 0.811. The third-order valence-corrected chi connectivity index (χ3v) is 5.51. The van der Waals surface area contributed by atoms with Crippen LogP contribution in [0.2, 0.25) is 0 Å². The number of nitrogens with zero attached hydrogens (tertiary/aromatic N) is 2. The second-order valence-electron chi connectivity index (χ2n) is 7.55. The number of anilines is 1. The van der Waals surface area contributed by atoms with Gasteiger partial charge in [0.15, 0.2) is 0 Å². The van der Waals surface area contributed by atoms with E-state index in [0.29, 0.717) is 0 Å². The van der Waals surface area contributed by atoms with Gasteiger partial charge in [-0.05, 0) is 70.7 Å². The summed E-state index contributed by atoms with van der Waals surface area (Å²) in [4.78, 5) is 4.85. The quantitative estimate of drug-likeness (QED) is 0.621. The summed E-state index contributed by atoms with van der Waals surface area (Å²) in [6.07, 6.45) is 5.14. The molecule has 5 nitrogen and oxygen atoms in total. The topological polar surface area (TPSA) is 63.0 Å². The summed E-state index contributed by atoms with van der Waals surface area (Å²) in [5.41, 5.74) is 4.93. The fourth-order valence-electron chi connectivity index (χ4n) is 4.08. The highest BCUT2D eigenvalue weighted by Crippen LogP contribution is 2.31. The molecule has 1 aliphatic rings. The minimum atomic E-state index is 0.811. The average molecular weight is 364 g/mol. The van der Waals surface area contributed by atoms with E-state index in [4.69, 9.17) is 9.51 Å². The molecule has 0 aliphatic carbocycles. The summed E-state index contributed by atoms with van der Waals surface area (Å²) in [5, 5.41) is 12.4. The fraction of sp³-hybridized carbons (Fsp3) is 0.455. The summed E-state index contributed by atoms with van der Waals surface area (Å²) in [6, 6.07) is 10.4. The molecule has 2 N–H and O–H groups in total. The van der Waals surface area contributed by atoms with Gasteiger partial charge >= 0.3 is 0 Å². The molecular weight excluding hydrogens is 336 g/mol. The lowest BCUT2D eigenvalue weighted by Crippen LogP contribution is -2.29. The summed E-state index contributed by atoms with van der Waals surface area (Å²) in [7, 11) is 0. The molecule has 3 heterocycles. The average Bonchev–Trinajstić information content (AvgIpc) is 3.04. The van der Waals surface area contributed by atoms with Crippen molar-refractivity contribution in [1.82, 2.24) is 15.5 Å². The molecular formula is C22H28N4O. The highest BCUT2D eigenvalue weighted by Gasteiger charge is 2.16. The van der Waals surface area contributed by atoms with Gasteiger partial charge in [-0.2, -0.15) is 0 Å². The number of fused-ring (bicyclic) bond motifs is 1. The van der Waals surface area contributed by atoms with Gasteiger partial charge in [0.25, 0.3) is 0 Å². The molecule has 1 aromatic carbocycles. The zero-order chi connectivity index (χ0) is 18.6. The van der Waals surface area contributed by atoms with Gasteiger partial charge < -0.3 is 15.2 Å². The minimum Gasteiger partial charge on any atom is -0.384 e. The smallest absolute Gasteiger partial charge is 0.143 e. The lowest BCUT2D eigenvalue weighted by atomic mass is 9.95. The number of aromatic nitrogens is 2. The van der Waals surface area contributed by atoms with Crippen LogP contribution in [0.3, 0.4) is 0 Å². The molecule has 5 heteroatoms. The number of aryl methyl sites for hydroxylation is 2. The molecule has 1 atom stereocenters. The first kappa shape index (κ1) is 18.0. The number of hydrogen-bond acceptors (Lipinski definition) is 5. The van der Waals surface area contributed by atoms with Gasteiger partial charge in [0, 0.05) is 17.6 Å². The monoisotopic (exact) mass is 364 g/mol. The predicted molar refractivity (Wildman–Crippen MR) is 110 cm³/mol. The van der Waals surface area contributed by atoms with Crippen LogP contribution in [0.1, 0.15) is 37.1 Å². The third kappa shape index (κ3) is 3.98. The van der Waals surface area contributed by atoms with Crippen molar-refractivity contribution in [2.75, 3.05) is 25.0 Å². The number of piperidine rings is 1. The number of nitrogens with one attached hydrogen (secondary N) is 2. The van der Waals surface area contributed by atoms with E-state index in [0.717, 1.165) is 51.8 Å². The van der Waals surface area contributed by atoms with Gasteiger partial charge in [0.2, 0.25) is 0 Å². The van der Waals surface area contributed by atoms with Crippen molar-refractivity contribution in [3.63, 3.8) is 0 Å². The molecule has 1 unspecified atom stereocenters. The second-order valence-corrected chi connectivity index (χ2v) is 7.55. The number of hydrogen-bond donors (Lipinski definition) is 2. The highest BCUT2D eigenvalue weighted by atomic mass is 16.5. The molecule has 4 rings (SSSR count). The molecule has 27 heavy (non-hydrogen) atoms. The normalized spacial score (nSPS) is 17.3. The molecule has 0 bridgehead atoms. The van der Waals surface area contributed by atoms with Crippen molar-refractivity contribution < 1.29 is 4.52 Å². The molecule has 1 fully saturated rings. The van der Waals surface area contributed by atoms with E-state index in [2.05, 4.69) is 40.1 Å². The Hall–Kier alpha value is -2.40. The van der Waals surface area contributed by atoms with Crippen molar-refractivity contribution in [3.8, 4) is 11.3 Å². The summed E-state index contributed by atoms with van der Waals surface area (Å²) < 4.78 is 5.35. The summed E-state index contributed by atoms with van der Waals surface area (Å²) in [6.45, 7) is 7.24. The Morgan fingerprint density at radius 3 is 2.93 bits per heavy atom. The predicted octanol–water partition coefficient (Wildman–Crippen LogP) is 4.70. The Kier molecular flexibility index (Phi) is 5.39. The molecule has 0 amide bonds. The Balaban J connectivity index is 1.54. The van der Waals surface area contributed by atoms with Gasteiger partial charge in [-0.3, -0.25) is 0 Å². The zero-order valence-electron chi connectivity index (χ0n) is 16.2. The van der Waals surface area contributed by atoms with Crippen LogP contribution in [-0.2, 0) is 0 Å². The van der Waals surface area contributed by atoms with Crippen LogP contribution >= 0.6 is 0 Å². The Bertz CT molecular complexity index is 892. The lowest BCUT2D eigenvalue weighted by molar-refractivity contribution is 0.353. The van der Waals surface area contributed by atoms with E-state index >= 15 is 0 Å². The maximum Gasteiger partial charge on any atom is 0.143 e. The van der Waals surface area contributed by atoms with Crippen LogP contribution in [0.15, 0.2) is 34.9 Å². The Morgan fingerprint density at radius 2 is 2.15 bits per heavy atom. The first-order chi connectivity index (χ1) is 13.2. The number of rotatable bonds is 6. The van der Waals surface area contributed by atoms with E-state index in [1.807, 2.05) is 19.9 Å². The number of benzene rings is 1.